The molecule has 1 saturated heterocycles. The molecule has 0 saturated carbocycles. The fraction of sp³-hybridized carbons (Fsp3) is 0.306. The van der Waals surface area contributed by atoms with E-state index >= 15 is 0 Å². The molecule has 0 bridgehead atoms. The van der Waals surface area contributed by atoms with E-state index in [1.54, 1.807) is 0 Å². The van der Waals surface area contributed by atoms with Crippen LogP contribution in [0.15, 0.2) is 126 Å². The maximum atomic E-state index is 6.70. The lowest BCUT2D eigenvalue weighted by Crippen LogP contribution is -2.61. The number of aliphatic imine (C=N–C) groups is 1. The molecular formula is C36H37NO5S. The van der Waals surface area contributed by atoms with E-state index in [2.05, 4.69) is 10.2 Å². The Kier molecular flexibility index (Phi) is 12.2. The summed E-state index contributed by atoms with van der Waals surface area (Å²) in [5.41, 5.74) is 4.25. The minimum atomic E-state index is -0.484. The van der Waals surface area contributed by atoms with Crippen LogP contribution in [0.5, 0.6) is 0 Å². The number of isothiocyanates is 1. The third-order valence-corrected chi connectivity index (χ3v) is 7.44. The highest BCUT2D eigenvalue weighted by molar-refractivity contribution is 7.78. The molecule has 6 nitrogen and oxygen atoms in total. The van der Waals surface area contributed by atoms with Crippen LogP contribution < -0.4 is 0 Å². The van der Waals surface area contributed by atoms with Gasteiger partial charge in [-0.2, -0.15) is 0 Å². The third-order valence-electron chi connectivity index (χ3n) is 7.32. The van der Waals surface area contributed by atoms with E-state index in [0.29, 0.717) is 33.0 Å². The second kappa shape index (κ2) is 16.9. The van der Waals surface area contributed by atoms with E-state index in [0.717, 1.165) is 22.3 Å². The highest BCUT2D eigenvalue weighted by Crippen LogP contribution is 2.31. The minimum Gasteiger partial charge on any atom is -0.374 e. The maximum absolute atomic E-state index is 6.70. The molecule has 0 aromatic heterocycles. The molecule has 4 aromatic carbocycles. The zero-order chi connectivity index (χ0) is 29.5. The van der Waals surface area contributed by atoms with Gasteiger partial charge < -0.3 is 23.7 Å². The maximum Gasteiger partial charge on any atom is 0.115 e. The Bertz CT molecular complexity index is 1390. The summed E-state index contributed by atoms with van der Waals surface area (Å²) in [6.07, 6.45) is -2.32. The number of rotatable bonds is 15. The molecule has 222 valence electrons. The van der Waals surface area contributed by atoms with E-state index in [-0.39, 0.29) is 6.54 Å². The number of nitrogens with zero attached hydrogens (tertiary/aromatic N) is 1. The lowest BCUT2D eigenvalue weighted by Gasteiger charge is -2.46. The van der Waals surface area contributed by atoms with E-state index in [1.807, 2.05) is 121 Å². The molecule has 43 heavy (non-hydrogen) atoms. The van der Waals surface area contributed by atoms with Gasteiger partial charge in [0.15, 0.2) is 0 Å². The topological polar surface area (TPSA) is 58.5 Å². The molecule has 1 aliphatic rings. The normalized spacial score (nSPS) is 21.6. The fourth-order valence-electron chi connectivity index (χ4n) is 5.16. The molecule has 5 rings (SSSR count). The van der Waals surface area contributed by atoms with Crippen molar-refractivity contribution in [2.45, 2.75) is 56.9 Å². The average Bonchev–Trinajstić information content (AvgIpc) is 3.07. The average molecular weight is 596 g/mol. The summed E-state index contributed by atoms with van der Waals surface area (Å²) in [5.74, 6) is 0. The molecule has 0 N–H and O–H groups in total. The standard InChI is InChI=1S/C36H37NO5S/c43-27-37-21-32-34(39-23-29-15-7-2-8-16-29)36(41-25-31-19-11-4-12-20-31)35(40-24-30-17-9-3-10-18-30)33(42-32)26-38-22-28-13-5-1-6-14-28/h1-20,32-36H,21-26H2/t32-,33+,34+,35+,36+/m0/s1. The van der Waals surface area contributed by atoms with Gasteiger partial charge in [0.1, 0.15) is 30.5 Å². The summed E-state index contributed by atoms with van der Waals surface area (Å²) < 4.78 is 32.8. The van der Waals surface area contributed by atoms with Gasteiger partial charge in [-0.3, -0.25) is 0 Å². The first kappa shape index (κ1) is 30.9. The second-order valence-corrected chi connectivity index (χ2v) is 10.6. The van der Waals surface area contributed by atoms with Crippen molar-refractivity contribution in [2.24, 2.45) is 4.99 Å². The van der Waals surface area contributed by atoms with Gasteiger partial charge in [-0.1, -0.05) is 121 Å². The lowest BCUT2D eigenvalue weighted by atomic mass is 9.94. The van der Waals surface area contributed by atoms with Crippen LogP contribution in [0.25, 0.3) is 0 Å². The second-order valence-electron chi connectivity index (χ2n) is 10.4. The van der Waals surface area contributed by atoms with Gasteiger partial charge in [-0.25, -0.2) is 4.99 Å². The highest BCUT2D eigenvalue weighted by atomic mass is 32.1. The predicted octanol–water partition coefficient (Wildman–Crippen LogP) is 6.83. The zero-order valence-corrected chi connectivity index (χ0v) is 24.9. The summed E-state index contributed by atoms with van der Waals surface area (Å²) in [7, 11) is 0. The van der Waals surface area contributed by atoms with Gasteiger partial charge in [0, 0.05) is 0 Å². The van der Waals surface area contributed by atoms with E-state index in [9.17, 15) is 0 Å². The molecule has 4 aromatic rings. The summed E-state index contributed by atoms with van der Waals surface area (Å²) >= 11 is 4.92. The van der Waals surface area contributed by atoms with Crippen molar-refractivity contribution in [1.82, 2.24) is 0 Å². The molecule has 0 spiro atoms. The van der Waals surface area contributed by atoms with Gasteiger partial charge in [-0.05, 0) is 34.5 Å². The fourth-order valence-corrected chi connectivity index (χ4v) is 5.23. The molecular weight excluding hydrogens is 558 g/mol. The first-order valence-corrected chi connectivity index (χ1v) is 15.0. The Morgan fingerprint density at radius 2 is 0.930 bits per heavy atom. The van der Waals surface area contributed by atoms with Crippen LogP contribution in [0.2, 0.25) is 0 Å². The van der Waals surface area contributed by atoms with Gasteiger partial charge in [0.05, 0.1) is 44.7 Å². The SMILES string of the molecule is S=C=NC[C@@H]1O[C@H](COCc2ccccc2)[C@@H](OCc2ccccc2)[C@H](OCc2ccccc2)[C@@H]1OCc1ccccc1. The van der Waals surface area contributed by atoms with Crippen molar-refractivity contribution in [3.05, 3.63) is 144 Å². The largest absolute Gasteiger partial charge is 0.374 e. The monoisotopic (exact) mass is 595 g/mol. The van der Waals surface area contributed by atoms with E-state index < -0.39 is 30.5 Å². The Labute approximate surface area is 259 Å². The van der Waals surface area contributed by atoms with Crippen LogP contribution in [0.4, 0.5) is 0 Å². The summed E-state index contributed by atoms with van der Waals surface area (Å²) in [6.45, 7) is 2.22. The van der Waals surface area contributed by atoms with E-state index in [1.165, 1.54) is 0 Å². The van der Waals surface area contributed by atoms with Gasteiger partial charge in [0.25, 0.3) is 0 Å². The first-order chi connectivity index (χ1) is 21.3. The van der Waals surface area contributed by atoms with Gasteiger partial charge in [0.2, 0.25) is 0 Å². The molecule has 7 heteroatoms. The molecule has 0 unspecified atom stereocenters. The summed E-state index contributed by atoms with van der Waals surface area (Å²) in [5, 5.41) is 2.49. The molecule has 0 radical (unpaired) electrons. The smallest absolute Gasteiger partial charge is 0.115 e. The van der Waals surface area contributed by atoms with Crippen molar-refractivity contribution in [2.75, 3.05) is 13.2 Å². The van der Waals surface area contributed by atoms with Gasteiger partial charge in [-0.15, -0.1) is 0 Å². The number of ether oxygens (including phenoxy) is 5. The number of benzene rings is 4. The number of hydrogen-bond donors (Lipinski definition) is 0. The van der Waals surface area contributed by atoms with E-state index in [4.69, 9.17) is 35.9 Å². The quantitative estimate of drug-likeness (QED) is 0.111. The predicted molar refractivity (Wildman–Crippen MR) is 170 cm³/mol. The minimum absolute atomic E-state index is 0.286. The van der Waals surface area contributed by atoms with Crippen molar-refractivity contribution in [3.63, 3.8) is 0 Å². The van der Waals surface area contributed by atoms with Gasteiger partial charge >= 0.3 is 0 Å². The molecule has 1 fully saturated rings. The molecule has 0 amide bonds. The lowest BCUT2D eigenvalue weighted by molar-refractivity contribution is -0.270. The Morgan fingerprint density at radius 1 is 0.535 bits per heavy atom. The van der Waals surface area contributed by atoms with Crippen LogP contribution in [0.3, 0.4) is 0 Å². The number of thiocarbonyl (C=S) groups is 1. The number of hydrogen-bond acceptors (Lipinski definition) is 7. The Morgan fingerprint density at radius 3 is 1.37 bits per heavy atom. The van der Waals surface area contributed by atoms with Crippen molar-refractivity contribution < 1.29 is 23.7 Å². The van der Waals surface area contributed by atoms with Crippen LogP contribution in [-0.2, 0) is 50.1 Å². The van der Waals surface area contributed by atoms with Crippen molar-refractivity contribution in [1.29, 1.82) is 0 Å². The molecule has 0 aliphatic carbocycles. The Hall–Kier alpha value is -3.52. The third kappa shape index (κ3) is 9.48. The van der Waals surface area contributed by atoms with Crippen molar-refractivity contribution >= 4 is 17.4 Å². The molecule has 1 heterocycles. The van der Waals surface area contributed by atoms with Crippen LogP contribution in [-0.4, -0.2) is 48.8 Å². The molecule has 1 aliphatic heterocycles. The zero-order valence-electron chi connectivity index (χ0n) is 24.1. The van der Waals surface area contributed by atoms with Crippen LogP contribution in [0, 0.1) is 0 Å². The highest BCUT2D eigenvalue weighted by Gasteiger charge is 2.48. The summed E-state index contributed by atoms with van der Waals surface area (Å²) in [6, 6.07) is 40.4. The summed E-state index contributed by atoms with van der Waals surface area (Å²) in [4.78, 5) is 4.26. The van der Waals surface area contributed by atoms with Crippen LogP contribution >= 0.6 is 12.2 Å². The van der Waals surface area contributed by atoms with Crippen LogP contribution in [0.1, 0.15) is 22.3 Å². The first-order valence-electron chi connectivity index (χ1n) is 14.6. The molecule has 5 atom stereocenters. The Balaban J connectivity index is 1.42. The van der Waals surface area contributed by atoms with Crippen molar-refractivity contribution in [3.8, 4) is 0 Å².